The molecule has 1 N–H and O–H groups in total. The lowest BCUT2D eigenvalue weighted by Gasteiger charge is -1.93. The molecule has 0 saturated heterocycles. The van der Waals surface area contributed by atoms with Gasteiger partial charge in [0.1, 0.15) is 10.0 Å². The standard InChI is InChI=1S/C16H11N3S/c1-2-6-11(7-3-1)15-18-19-16(20-15)13-10-17-14-9-5-4-8-12(13)14/h1-10,17H. The molecule has 4 aromatic rings. The summed E-state index contributed by atoms with van der Waals surface area (Å²) in [5, 5.41) is 11.7. The number of aromatic nitrogens is 3. The fraction of sp³-hybridized carbons (Fsp3) is 0. The lowest BCUT2D eigenvalue weighted by atomic mass is 10.2. The second-order valence-corrected chi connectivity index (χ2v) is 5.50. The lowest BCUT2D eigenvalue weighted by Crippen LogP contribution is -1.75. The number of nitrogens with one attached hydrogen (secondary N) is 1. The van der Waals surface area contributed by atoms with E-state index in [0.717, 1.165) is 26.7 Å². The molecule has 4 rings (SSSR count). The van der Waals surface area contributed by atoms with Gasteiger partial charge in [-0.3, -0.25) is 0 Å². The van der Waals surface area contributed by atoms with Crippen LogP contribution in [-0.4, -0.2) is 15.2 Å². The molecule has 0 spiro atoms. The van der Waals surface area contributed by atoms with Gasteiger partial charge >= 0.3 is 0 Å². The van der Waals surface area contributed by atoms with Gasteiger partial charge in [0.15, 0.2) is 0 Å². The molecule has 96 valence electrons. The fourth-order valence-electron chi connectivity index (χ4n) is 2.28. The number of hydrogen-bond acceptors (Lipinski definition) is 3. The number of fused-ring (bicyclic) bond motifs is 1. The summed E-state index contributed by atoms with van der Waals surface area (Å²) >= 11 is 1.62. The van der Waals surface area contributed by atoms with Gasteiger partial charge < -0.3 is 4.98 Å². The van der Waals surface area contributed by atoms with Crippen LogP contribution in [0.2, 0.25) is 0 Å². The molecule has 2 heterocycles. The molecular formula is C16H11N3S. The minimum atomic E-state index is 0.946. The molecule has 0 saturated carbocycles. The Labute approximate surface area is 119 Å². The molecule has 0 aliphatic carbocycles. The van der Waals surface area contributed by atoms with Crippen LogP contribution < -0.4 is 0 Å². The van der Waals surface area contributed by atoms with Gasteiger partial charge in [-0.25, -0.2) is 0 Å². The summed E-state index contributed by atoms with van der Waals surface area (Å²) in [5.41, 5.74) is 3.34. The molecule has 0 unspecified atom stereocenters. The van der Waals surface area contributed by atoms with Gasteiger partial charge in [-0.2, -0.15) is 0 Å². The van der Waals surface area contributed by atoms with Crippen LogP contribution in [0.15, 0.2) is 60.8 Å². The third-order valence-electron chi connectivity index (χ3n) is 3.27. The van der Waals surface area contributed by atoms with Crippen molar-refractivity contribution >= 4 is 22.2 Å². The summed E-state index contributed by atoms with van der Waals surface area (Å²) in [6, 6.07) is 18.4. The van der Waals surface area contributed by atoms with Crippen molar-refractivity contribution in [2.45, 2.75) is 0 Å². The van der Waals surface area contributed by atoms with Gasteiger partial charge in [-0.1, -0.05) is 59.9 Å². The van der Waals surface area contributed by atoms with E-state index in [-0.39, 0.29) is 0 Å². The summed E-state index contributed by atoms with van der Waals surface area (Å²) in [6.07, 6.45) is 2.00. The molecule has 0 radical (unpaired) electrons. The molecule has 20 heavy (non-hydrogen) atoms. The van der Waals surface area contributed by atoms with Crippen molar-refractivity contribution in [3.05, 3.63) is 60.8 Å². The molecule has 2 aromatic carbocycles. The van der Waals surface area contributed by atoms with Gasteiger partial charge in [0.05, 0.1) is 0 Å². The normalized spacial score (nSPS) is 11.0. The molecule has 4 heteroatoms. The molecule has 0 amide bonds. The predicted molar refractivity (Wildman–Crippen MR) is 82.6 cm³/mol. The Morgan fingerprint density at radius 1 is 0.800 bits per heavy atom. The topological polar surface area (TPSA) is 41.6 Å². The molecule has 0 aliphatic heterocycles. The molecule has 0 aliphatic rings. The zero-order valence-corrected chi connectivity index (χ0v) is 11.4. The van der Waals surface area contributed by atoms with Crippen molar-refractivity contribution < 1.29 is 0 Å². The van der Waals surface area contributed by atoms with Crippen molar-refractivity contribution in [2.24, 2.45) is 0 Å². The predicted octanol–water partition coefficient (Wildman–Crippen LogP) is 4.35. The Bertz CT molecular complexity index is 861. The van der Waals surface area contributed by atoms with Crippen LogP contribution in [0.1, 0.15) is 0 Å². The quantitative estimate of drug-likeness (QED) is 0.591. The van der Waals surface area contributed by atoms with Gasteiger partial charge in [-0.05, 0) is 6.07 Å². The number of hydrogen-bond donors (Lipinski definition) is 1. The van der Waals surface area contributed by atoms with E-state index < -0.39 is 0 Å². The van der Waals surface area contributed by atoms with E-state index in [1.165, 1.54) is 5.39 Å². The highest BCUT2D eigenvalue weighted by Crippen LogP contribution is 2.33. The first kappa shape index (κ1) is 11.4. The van der Waals surface area contributed by atoms with E-state index in [4.69, 9.17) is 0 Å². The number of para-hydroxylation sites is 1. The highest BCUT2D eigenvalue weighted by Gasteiger charge is 2.12. The molecule has 3 nitrogen and oxygen atoms in total. The van der Waals surface area contributed by atoms with Gasteiger partial charge in [0, 0.05) is 28.2 Å². The summed E-state index contributed by atoms with van der Waals surface area (Å²) in [5.74, 6) is 0. The maximum absolute atomic E-state index is 4.33. The van der Waals surface area contributed by atoms with Crippen LogP contribution in [0, 0.1) is 0 Å². The van der Waals surface area contributed by atoms with E-state index in [2.05, 4.69) is 39.4 Å². The van der Waals surface area contributed by atoms with Crippen LogP contribution in [0.3, 0.4) is 0 Å². The van der Waals surface area contributed by atoms with Crippen LogP contribution in [-0.2, 0) is 0 Å². The van der Waals surface area contributed by atoms with Crippen LogP contribution in [0.25, 0.3) is 32.0 Å². The third-order valence-corrected chi connectivity index (χ3v) is 4.27. The monoisotopic (exact) mass is 277 g/mol. The summed E-state index contributed by atoms with van der Waals surface area (Å²) in [6.45, 7) is 0. The van der Waals surface area contributed by atoms with Crippen molar-refractivity contribution in [3.63, 3.8) is 0 Å². The number of rotatable bonds is 2. The molecule has 0 atom stereocenters. The SMILES string of the molecule is c1ccc(-c2nnc(-c3c[nH]c4ccccc34)s2)cc1. The number of aromatic amines is 1. The van der Waals surface area contributed by atoms with Gasteiger partial charge in [0.2, 0.25) is 0 Å². The van der Waals surface area contributed by atoms with E-state index in [9.17, 15) is 0 Å². The largest absolute Gasteiger partial charge is 0.360 e. The van der Waals surface area contributed by atoms with Crippen LogP contribution in [0.4, 0.5) is 0 Å². The maximum atomic E-state index is 4.33. The Balaban J connectivity index is 1.82. The highest BCUT2D eigenvalue weighted by molar-refractivity contribution is 7.18. The van der Waals surface area contributed by atoms with Gasteiger partial charge in [0.25, 0.3) is 0 Å². The number of nitrogens with zero attached hydrogens (tertiary/aromatic N) is 2. The molecule has 2 aromatic heterocycles. The van der Waals surface area contributed by atoms with E-state index in [1.807, 2.05) is 36.5 Å². The summed E-state index contributed by atoms with van der Waals surface area (Å²) < 4.78 is 0. The highest BCUT2D eigenvalue weighted by atomic mass is 32.1. The molecular weight excluding hydrogens is 266 g/mol. The fourth-order valence-corrected chi connectivity index (χ4v) is 3.16. The first-order chi connectivity index (χ1) is 9.92. The second-order valence-electron chi connectivity index (χ2n) is 4.53. The van der Waals surface area contributed by atoms with Crippen molar-refractivity contribution in [1.29, 1.82) is 0 Å². The Morgan fingerprint density at radius 2 is 1.55 bits per heavy atom. The van der Waals surface area contributed by atoms with E-state index in [1.54, 1.807) is 11.3 Å². The van der Waals surface area contributed by atoms with Crippen molar-refractivity contribution in [1.82, 2.24) is 15.2 Å². The summed E-state index contributed by atoms with van der Waals surface area (Å²) in [4.78, 5) is 3.27. The Morgan fingerprint density at radius 3 is 2.45 bits per heavy atom. The smallest absolute Gasteiger partial charge is 0.150 e. The zero-order chi connectivity index (χ0) is 13.4. The Kier molecular flexibility index (Phi) is 2.60. The molecule has 0 fully saturated rings. The summed E-state index contributed by atoms with van der Waals surface area (Å²) in [7, 11) is 0. The van der Waals surface area contributed by atoms with E-state index >= 15 is 0 Å². The van der Waals surface area contributed by atoms with Crippen molar-refractivity contribution in [2.75, 3.05) is 0 Å². The number of H-pyrrole nitrogens is 1. The second kappa shape index (κ2) is 4.58. The lowest BCUT2D eigenvalue weighted by molar-refractivity contribution is 1.10. The minimum absolute atomic E-state index is 0.946. The molecule has 0 bridgehead atoms. The van der Waals surface area contributed by atoms with Crippen LogP contribution >= 0.6 is 11.3 Å². The first-order valence-corrected chi connectivity index (χ1v) is 7.19. The zero-order valence-electron chi connectivity index (χ0n) is 10.6. The van der Waals surface area contributed by atoms with Crippen molar-refractivity contribution in [3.8, 4) is 21.1 Å². The average molecular weight is 277 g/mol. The minimum Gasteiger partial charge on any atom is -0.360 e. The van der Waals surface area contributed by atoms with Crippen LogP contribution in [0.5, 0.6) is 0 Å². The Hall–Kier alpha value is -2.46. The van der Waals surface area contributed by atoms with E-state index in [0.29, 0.717) is 0 Å². The maximum Gasteiger partial charge on any atom is 0.150 e. The average Bonchev–Trinajstić information content (AvgIpc) is 3.14. The van der Waals surface area contributed by atoms with Gasteiger partial charge in [-0.15, -0.1) is 10.2 Å². The first-order valence-electron chi connectivity index (χ1n) is 6.37. The third kappa shape index (κ3) is 1.82. The number of benzene rings is 2.